The number of hydrogen-bond donors (Lipinski definition) is 2. The highest BCUT2D eigenvalue weighted by atomic mass is 35.5. The van der Waals surface area contributed by atoms with Crippen LogP contribution in [0, 0.1) is 0 Å². The summed E-state index contributed by atoms with van der Waals surface area (Å²) in [6.07, 6.45) is 9.36. The topological polar surface area (TPSA) is 41.5 Å². The molecule has 1 aromatic rings. The minimum absolute atomic E-state index is 0. The van der Waals surface area contributed by atoms with Gasteiger partial charge >= 0.3 is 0 Å². The maximum absolute atomic E-state index is 10.7. The number of benzene rings is 1. The first-order valence-electron chi connectivity index (χ1n) is 9.83. The molecule has 146 valence electrons. The van der Waals surface area contributed by atoms with Gasteiger partial charge in [-0.05, 0) is 32.4 Å². The molecule has 1 aromatic carbocycles. The van der Waals surface area contributed by atoms with Crippen molar-refractivity contribution in [2.75, 3.05) is 13.2 Å². The van der Waals surface area contributed by atoms with E-state index in [1.165, 1.54) is 38.5 Å². The molecule has 2 unspecified atom stereocenters. The predicted octanol–water partition coefficient (Wildman–Crippen LogP) is 5.66. The second-order valence-corrected chi connectivity index (χ2v) is 6.70. The zero-order valence-corrected chi connectivity index (χ0v) is 17.1. The number of hydrogen-bond acceptors (Lipinski definition) is 3. The molecule has 0 saturated carbocycles. The van der Waals surface area contributed by atoms with Gasteiger partial charge in [0.15, 0.2) is 0 Å². The lowest BCUT2D eigenvalue weighted by Gasteiger charge is -2.23. The monoisotopic (exact) mass is 371 g/mol. The normalized spacial score (nSPS) is 13.1. The summed E-state index contributed by atoms with van der Waals surface area (Å²) in [5.41, 5.74) is 0.886. The first-order valence-corrected chi connectivity index (χ1v) is 9.83. The summed E-state index contributed by atoms with van der Waals surface area (Å²) < 4.78 is 5.84. The highest BCUT2D eigenvalue weighted by Crippen LogP contribution is 2.27. The van der Waals surface area contributed by atoms with E-state index < -0.39 is 6.10 Å². The summed E-state index contributed by atoms with van der Waals surface area (Å²) >= 11 is 0. The minimum atomic E-state index is -0.539. The second kappa shape index (κ2) is 15.5. The van der Waals surface area contributed by atoms with E-state index in [1.54, 1.807) is 0 Å². The molecule has 2 atom stereocenters. The molecule has 1 rings (SSSR count). The van der Waals surface area contributed by atoms with Crippen LogP contribution in [-0.4, -0.2) is 24.3 Å². The lowest BCUT2D eigenvalue weighted by Crippen LogP contribution is -2.33. The maximum Gasteiger partial charge on any atom is 0.125 e. The quantitative estimate of drug-likeness (QED) is 0.414. The number of halogens is 1. The number of aliphatic hydroxyl groups excluding tert-OH is 1. The number of rotatable bonds is 14. The lowest BCUT2D eigenvalue weighted by molar-refractivity contribution is 0.131. The fourth-order valence-electron chi connectivity index (χ4n) is 2.80. The summed E-state index contributed by atoms with van der Waals surface area (Å²) in [5, 5.41) is 14.1. The van der Waals surface area contributed by atoms with Gasteiger partial charge in [-0.15, -0.1) is 12.4 Å². The van der Waals surface area contributed by atoms with Crippen molar-refractivity contribution in [3.8, 4) is 5.75 Å². The molecule has 25 heavy (non-hydrogen) atoms. The molecule has 0 radical (unpaired) electrons. The molecule has 2 N–H and O–H groups in total. The number of nitrogens with one attached hydrogen (secondary N) is 1. The Balaban J connectivity index is 0.00000576. The van der Waals surface area contributed by atoms with Crippen LogP contribution in [0.3, 0.4) is 0 Å². The summed E-state index contributed by atoms with van der Waals surface area (Å²) in [5.74, 6) is 0.812. The van der Waals surface area contributed by atoms with Gasteiger partial charge in [-0.25, -0.2) is 0 Å². The van der Waals surface area contributed by atoms with E-state index in [9.17, 15) is 5.11 Å². The van der Waals surface area contributed by atoms with Crippen LogP contribution in [0.15, 0.2) is 24.3 Å². The first kappa shape index (κ1) is 24.2. The van der Waals surface area contributed by atoms with Crippen LogP contribution < -0.4 is 10.1 Å². The van der Waals surface area contributed by atoms with Crippen molar-refractivity contribution in [3.05, 3.63) is 29.8 Å². The Morgan fingerprint density at radius 1 is 0.960 bits per heavy atom. The smallest absolute Gasteiger partial charge is 0.125 e. The molecule has 0 fully saturated rings. The van der Waals surface area contributed by atoms with Gasteiger partial charge in [0.2, 0.25) is 0 Å². The van der Waals surface area contributed by atoms with Crippen molar-refractivity contribution in [3.63, 3.8) is 0 Å². The van der Waals surface area contributed by atoms with E-state index in [1.807, 2.05) is 31.2 Å². The molecule has 0 aliphatic heterocycles. The van der Waals surface area contributed by atoms with Crippen LogP contribution >= 0.6 is 12.4 Å². The van der Waals surface area contributed by atoms with Crippen molar-refractivity contribution < 1.29 is 9.84 Å². The lowest BCUT2D eigenvalue weighted by atomic mass is 10.0. The fourth-order valence-corrected chi connectivity index (χ4v) is 2.80. The van der Waals surface area contributed by atoms with Crippen LogP contribution in [0.2, 0.25) is 0 Å². The Morgan fingerprint density at radius 3 is 2.32 bits per heavy atom. The van der Waals surface area contributed by atoms with Crippen molar-refractivity contribution in [1.82, 2.24) is 5.32 Å². The largest absolute Gasteiger partial charge is 0.493 e. The molecule has 4 heteroatoms. The molecule has 3 nitrogen and oxygen atoms in total. The van der Waals surface area contributed by atoms with Gasteiger partial charge in [0.25, 0.3) is 0 Å². The average Bonchev–Trinajstić information content (AvgIpc) is 2.61. The first-order chi connectivity index (χ1) is 11.7. The zero-order chi connectivity index (χ0) is 17.6. The van der Waals surface area contributed by atoms with Crippen molar-refractivity contribution in [2.45, 2.75) is 84.3 Å². The van der Waals surface area contributed by atoms with Crippen LogP contribution in [0.4, 0.5) is 0 Å². The third kappa shape index (κ3) is 10.1. The van der Waals surface area contributed by atoms with Crippen LogP contribution in [-0.2, 0) is 0 Å². The molecule has 0 aliphatic carbocycles. The Hall–Kier alpha value is -0.770. The molecule has 0 saturated heterocycles. The third-order valence-corrected chi connectivity index (χ3v) is 4.46. The highest BCUT2D eigenvalue weighted by Gasteiger charge is 2.19. The number of unbranched alkanes of at least 4 members (excludes halogenated alkanes) is 6. The number of aliphatic hydroxyl groups is 1. The van der Waals surface area contributed by atoms with Gasteiger partial charge in [-0.3, -0.25) is 0 Å². The molecule has 0 spiro atoms. The predicted molar refractivity (Wildman–Crippen MR) is 110 cm³/mol. The minimum Gasteiger partial charge on any atom is -0.493 e. The van der Waals surface area contributed by atoms with Crippen LogP contribution in [0.25, 0.3) is 0 Å². The van der Waals surface area contributed by atoms with Crippen molar-refractivity contribution >= 4 is 12.4 Å². The van der Waals surface area contributed by atoms with Gasteiger partial charge in [0.1, 0.15) is 5.75 Å². The molecule has 0 aliphatic rings. The highest BCUT2D eigenvalue weighted by molar-refractivity contribution is 5.85. The van der Waals surface area contributed by atoms with Gasteiger partial charge in [-0.2, -0.15) is 0 Å². The zero-order valence-electron chi connectivity index (χ0n) is 16.3. The molecular weight excluding hydrogens is 334 g/mol. The van der Waals surface area contributed by atoms with Gasteiger partial charge in [0, 0.05) is 11.6 Å². The van der Waals surface area contributed by atoms with Crippen molar-refractivity contribution in [2.24, 2.45) is 0 Å². The molecule has 0 amide bonds. The van der Waals surface area contributed by atoms with Crippen molar-refractivity contribution in [1.29, 1.82) is 0 Å². The van der Waals surface area contributed by atoms with Crippen LogP contribution in [0.1, 0.15) is 83.8 Å². The summed E-state index contributed by atoms with van der Waals surface area (Å²) in [6.45, 7) is 8.11. The Bertz CT molecular complexity index is 428. The van der Waals surface area contributed by atoms with E-state index in [-0.39, 0.29) is 18.4 Å². The molecule has 0 aromatic heterocycles. The SMILES string of the molecule is CCCCCCCCNC(C)C(O)c1ccccc1OCCCC.Cl. The van der Waals surface area contributed by atoms with Gasteiger partial charge in [0.05, 0.1) is 12.7 Å². The van der Waals surface area contributed by atoms with Crippen LogP contribution in [0.5, 0.6) is 5.75 Å². The summed E-state index contributed by atoms with van der Waals surface area (Å²) in [4.78, 5) is 0. The third-order valence-electron chi connectivity index (χ3n) is 4.46. The van der Waals surface area contributed by atoms with E-state index in [2.05, 4.69) is 19.2 Å². The number of ether oxygens (including phenoxy) is 1. The molecular formula is C21H38ClNO2. The number of para-hydroxylation sites is 1. The maximum atomic E-state index is 10.7. The fraction of sp³-hybridized carbons (Fsp3) is 0.714. The molecule has 0 heterocycles. The standard InChI is InChI=1S/C21H37NO2.ClH/c1-4-6-8-9-10-13-16-22-18(3)21(23)19-14-11-12-15-20(19)24-17-7-5-2;/h11-12,14-15,18,21-23H,4-10,13,16-17H2,1-3H3;1H. The average molecular weight is 372 g/mol. The Kier molecular flexibility index (Phi) is 15.0. The van der Waals surface area contributed by atoms with E-state index in [0.29, 0.717) is 6.61 Å². The Morgan fingerprint density at radius 2 is 1.60 bits per heavy atom. The Labute approximate surface area is 161 Å². The van der Waals surface area contributed by atoms with Gasteiger partial charge < -0.3 is 15.2 Å². The van der Waals surface area contributed by atoms with E-state index >= 15 is 0 Å². The van der Waals surface area contributed by atoms with E-state index in [0.717, 1.165) is 30.7 Å². The summed E-state index contributed by atoms with van der Waals surface area (Å²) in [6, 6.07) is 7.87. The summed E-state index contributed by atoms with van der Waals surface area (Å²) in [7, 11) is 0. The second-order valence-electron chi connectivity index (χ2n) is 6.70. The molecule has 0 bridgehead atoms. The van der Waals surface area contributed by atoms with E-state index in [4.69, 9.17) is 4.74 Å². The van der Waals surface area contributed by atoms with Gasteiger partial charge in [-0.1, -0.05) is 70.6 Å².